The summed E-state index contributed by atoms with van der Waals surface area (Å²) >= 11 is 6.11. The zero-order chi connectivity index (χ0) is 15.5. The van der Waals surface area contributed by atoms with E-state index in [1.807, 2.05) is 6.07 Å². The molecule has 0 saturated heterocycles. The molecule has 120 valence electrons. The van der Waals surface area contributed by atoms with Crippen molar-refractivity contribution in [3.8, 4) is 0 Å². The summed E-state index contributed by atoms with van der Waals surface area (Å²) < 4.78 is 0. The van der Waals surface area contributed by atoms with Crippen molar-refractivity contribution in [1.82, 2.24) is 5.32 Å². The Hall–Kier alpha value is -0.530. The van der Waals surface area contributed by atoms with Gasteiger partial charge in [-0.3, -0.25) is 0 Å². The van der Waals surface area contributed by atoms with Crippen LogP contribution < -0.4 is 5.32 Å². The smallest absolute Gasteiger partial charge is 0.0408 e. The second-order valence-electron chi connectivity index (χ2n) is 6.14. The fraction of sp³-hybridized carbons (Fsp3) is 0.684. The van der Waals surface area contributed by atoms with Gasteiger partial charge in [-0.25, -0.2) is 0 Å². The van der Waals surface area contributed by atoms with E-state index in [-0.39, 0.29) is 0 Å². The second kappa shape index (κ2) is 11.1. The molecule has 2 atom stereocenters. The summed E-state index contributed by atoms with van der Waals surface area (Å²) in [5.74, 6) is 0.846. The lowest BCUT2D eigenvalue weighted by Gasteiger charge is -2.24. The van der Waals surface area contributed by atoms with E-state index in [1.54, 1.807) is 0 Å². The third kappa shape index (κ3) is 7.87. The van der Waals surface area contributed by atoms with Gasteiger partial charge in [0, 0.05) is 11.1 Å². The molecule has 0 saturated carbocycles. The highest BCUT2D eigenvalue weighted by atomic mass is 35.5. The lowest BCUT2D eigenvalue weighted by Crippen LogP contribution is -2.33. The van der Waals surface area contributed by atoms with Crippen LogP contribution in [0.15, 0.2) is 24.3 Å². The van der Waals surface area contributed by atoms with Gasteiger partial charge in [-0.2, -0.15) is 0 Å². The van der Waals surface area contributed by atoms with Crippen molar-refractivity contribution in [2.24, 2.45) is 5.92 Å². The summed E-state index contributed by atoms with van der Waals surface area (Å²) in [5, 5.41) is 4.58. The molecule has 0 aliphatic carbocycles. The number of halogens is 1. The first kappa shape index (κ1) is 18.5. The first-order chi connectivity index (χ1) is 10.2. The van der Waals surface area contributed by atoms with E-state index in [0.717, 1.165) is 23.9 Å². The van der Waals surface area contributed by atoms with Crippen LogP contribution in [-0.2, 0) is 6.42 Å². The molecular weight excluding hydrogens is 278 g/mol. The fourth-order valence-electron chi connectivity index (χ4n) is 2.92. The number of benzene rings is 1. The van der Waals surface area contributed by atoms with Crippen molar-refractivity contribution in [3.63, 3.8) is 0 Å². The molecule has 0 aromatic heterocycles. The minimum Gasteiger partial charge on any atom is -0.314 e. The number of hydrogen-bond donors (Lipinski definition) is 1. The Morgan fingerprint density at radius 3 is 2.57 bits per heavy atom. The van der Waals surface area contributed by atoms with Crippen LogP contribution in [0, 0.1) is 5.92 Å². The molecule has 0 amide bonds. The van der Waals surface area contributed by atoms with Gasteiger partial charge in [0.15, 0.2) is 0 Å². The summed E-state index contributed by atoms with van der Waals surface area (Å²) in [6.07, 6.45) is 8.88. The number of unbranched alkanes of at least 4 members (excludes halogenated alkanes) is 1. The molecule has 0 heterocycles. The largest absolute Gasteiger partial charge is 0.314 e. The maximum atomic E-state index is 6.11. The Morgan fingerprint density at radius 2 is 1.95 bits per heavy atom. The molecule has 0 radical (unpaired) electrons. The zero-order valence-corrected chi connectivity index (χ0v) is 14.8. The SMILES string of the molecule is CCCCC(CC)CC(Cc1cccc(Cl)c1)NCCC. The highest BCUT2D eigenvalue weighted by Crippen LogP contribution is 2.21. The molecule has 0 bridgehead atoms. The van der Waals surface area contributed by atoms with Crippen molar-refractivity contribution < 1.29 is 0 Å². The molecule has 2 unspecified atom stereocenters. The van der Waals surface area contributed by atoms with Crippen molar-refractivity contribution in [3.05, 3.63) is 34.9 Å². The van der Waals surface area contributed by atoms with Gasteiger partial charge >= 0.3 is 0 Å². The average molecular weight is 310 g/mol. The van der Waals surface area contributed by atoms with Crippen LogP contribution >= 0.6 is 11.6 Å². The van der Waals surface area contributed by atoms with Crippen LogP contribution in [0.2, 0.25) is 5.02 Å². The van der Waals surface area contributed by atoms with Crippen LogP contribution in [0.4, 0.5) is 0 Å². The van der Waals surface area contributed by atoms with Gasteiger partial charge in [0.05, 0.1) is 0 Å². The van der Waals surface area contributed by atoms with Crippen molar-refractivity contribution in [1.29, 1.82) is 0 Å². The first-order valence-electron chi connectivity index (χ1n) is 8.67. The second-order valence-corrected chi connectivity index (χ2v) is 6.57. The fourth-order valence-corrected chi connectivity index (χ4v) is 3.13. The van der Waals surface area contributed by atoms with Gasteiger partial charge in [0.2, 0.25) is 0 Å². The lowest BCUT2D eigenvalue weighted by molar-refractivity contribution is 0.347. The molecule has 1 rings (SSSR count). The van der Waals surface area contributed by atoms with Crippen molar-refractivity contribution in [2.45, 2.75) is 71.8 Å². The molecule has 1 aromatic carbocycles. The van der Waals surface area contributed by atoms with Crippen LogP contribution in [0.1, 0.15) is 64.9 Å². The van der Waals surface area contributed by atoms with E-state index >= 15 is 0 Å². The highest BCUT2D eigenvalue weighted by Gasteiger charge is 2.15. The van der Waals surface area contributed by atoms with Gasteiger partial charge < -0.3 is 5.32 Å². The summed E-state index contributed by atoms with van der Waals surface area (Å²) in [5.41, 5.74) is 1.35. The summed E-state index contributed by atoms with van der Waals surface area (Å²) in [6, 6.07) is 8.89. The van der Waals surface area contributed by atoms with Gasteiger partial charge in [0.1, 0.15) is 0 Å². The van der Waals surface area contributed by atoms with E-state index in [4.69, 9.17) is 11.6 Å². The standard InChI is InChI=1S/C19H32ClN/c1-4-7-9-16(6-3)14-19(21-12-5-2)15-17-10-8-11-18(20)13-17/h8,10-11,13,16,19,21H,4-7,9,12,14-15H2,1-3H3. The average Bonchev–Trinajstić information content (AvgIpc) is 2.48. The topological polar surface area (TPSA) is 12.0 Å². The molecule has 1 nitrogen and oxygen atoms in total. The van der Waals surface area contributed by atoms with Crippen molar-refractivity contribution >= 4 is 11.6 Å². The number of nitrogens with one attached hydrogen (secondary N) is 1. The maximum absolute atomic E-state index is 6.11. The molecule has 0 fully saturated rings. The Morgan fingerprint density at radius 1 is 1.14 bits per heavy atom. The Balaban J connectivity index is 2.61. The molecule has 0 aliphatic heterocycles. The van der Waals surface area contributed by atoms with E-state index < -0.39 is 0 Å². The van der Waals surface area contributed by atoms with Gasteiger partial charge in [-0.1, -0.05) is 70.2 Å². The molecule has 2 heteroatoms. The minimum atomic E-state index is 0.574. The number of hydrogen-bond acceptors (Lipinski definition) is 1. The predicted octanol–water partition coefficient (Wildman–Crippen LogP) is 5.86. The van der Waals surface area contributed by atoms with E-state index in [1.165, 1.54) is 44.1 Å². The molecular formula is C19H32ClN. The molecule has 1 N–H and O–H groups in total. The third-order valence-electron chi connectivity index (χ3n) is 4.22. The van der Waals surface area contributed by atoms with Crippen LogP contribution in [-0.4, -0.2) is 12.6 Å². The van der Waals surface area contributed by atoms with E-state index in [2.05, 4.69) is 44.3 Å². The van der Waals surface area contributed by atoms with Crippen LogP contribution in [0.3, 0.4) is 0 Å². The Labute approximate surface area is 136 Å². The van der Waals surface area contributed by atoms with Gasteiger partial charge in [-0.15, -0.1) is 0 Å². The van der Waals surface area contributed by atoms with Crippen LogP contribution in [0.25, 0.3) is 0 Å². The summed E-state index contributed by atoms with van der Waals surface area (Å²) in [4.78, 5) is 0. The lowest BCUT2D eigenvalue weighted by atomic mass is 9.89. The Kier molecular flexibility index (Phi) is 9.78. The van der Waals surface area contributed by atoms with Crippen molar-refractivity contribution in [2.75, 3.05) is 6.54 Å². The molecule has 21 heavy (non-hydrogen) atoms. The number of rotatable bonds is 11. The maximum Gasteiger partial charge on any atom is 0.0408 e. The van der Waals surface area contributed by atoms with E-state index in [0.29, 0.717) is 6.04 Å². The predicted molar refractivity (Wildman–Crippen MR) is 95.2 cm³/mol. The monoisotopic (exact) mass is 309 g/mol. The van der Waals surface area contributed by atoms with Gasteiger partial charge in [0.25, 0.3) is 0 Å². The normalized spacial score (nSPS) is 14.1. The molecule has 0 aliphatic rings. The quantitative estimate of drug-likeness (QED) is 0.540. The highest BCUT2D eigenvalue weighted by molar-refractivity contribution is 6.30. The van der Waals surface area contributed by atoms with Gasteiger partial charge in [-0.05, 0) is 49.4 Å². The first-order valence-corrected chi connectivity index (χ1v) is 9.05. The van der Waals surface area contributed by atoms with E-state index in [9.17, 15) is 0 Å². The molecule has 1 aromatic rings. The van der Waals surface area contributed by atoms with Crippen LogP contribution in [0.5, 0.6) is 0 Å². The molecule has 0 spiro atoms. The summed E-state index contributed by atoms with van der Waals surface area (Å²) in [7, 11) is 0. The third-order valence-corrected chi connectivity index (χ3v) is 4.45. The summed E-state index contributed by atoms with van der Waals surface area (Å²) in [6.45, 7) is 7.95. The Bertz CT molecular complexity index is 378. The minimum absolute atomic E-state index is 0.574. The zero-order valence-electron chi connectivity index (χ0n) is 14.0.